The molecule has 0 saturated carbocycles. The summed E-state index contributed by atoms with van der Waals surface area (Å²) in [5, 5.41) is 9.40. The number of benzene rings is 1. The minimum absolute atomic E-state index is 0.385. The Morgan fingerprint density at radius 2 is 2.05 bits per heavy atom. The van der Waals surface area contributed by atoms with E-state index in [0.29, 0.717) is 6.04 Å². The predicted octanol–water partition coefficient (Wildman–Crippen LogP) is 4.17. The highest BCUT2D eigenvalue weighted by Crippen LogP contribution is 2.23. The third-order valence-corrected chi connectivity index (χ3v) is 3.90. The van der Waals surface area contributed by atoms with Crippen molar-refractivity contribution in [1.29, 1.82) is 0 Å². The van der Waals surface area contributed by atoms with Crippen LogP contribution in [0.1, 0.15) is 36.8 Å². The van der Waals surface area contributed by atoms with Gasteiger partial charge in [0.15, 0.2) is 0 Å². The smallest absolute Gasteiger partial charge is 0.0828 e. The van der Waals surface area contributed by atoms with Gasteiger partial charge in [0.1, 0.15) is 0 Å². The highest BCUT2D eigenvalue weighted by Gasteiger charge is 2.12. The summed E-state index contributed by atoms with van der Waals surface area (Å²) in [6, 6.07) is 8.99. The van der Waals surface area contributed by atoms with Gasteiger partial charge < -0.3 is 10.3 Å². The van der Waals surface area contributed by atoms with Crippen LogP contribution in [0.3, 0.4) is 0 Å². The van der Waals surface area contributed by atoms with E-state index in [4.69, 9.17) is 0 Å². The quantitative estimate of drug-likeness (QED) is 0.754. The molecule has 0 atom stereocenters. The molecule has 3 rings (SSSR count). The van der Waals surface area contributed by atoms with E-state index >= 15 is 0 Å². The van der Waals surface area contributed by atoms with Crippen molar-refractivity contribution in [2.75, 3.05) is 5.32 Å². The number of nitrogens with zero attached hydrogens (tertiary/aromatic N) is 2. The molecule has 0 saturated heterocycles. The Morgan fingerprint density at radius 1 is 1.24 bits per heavy atom. The fraction of sp³-hybridized carbons (Fsp3) is 0.353. The van der Waals surface area contributed by atoms with Gasteiger partial charge in [-0.3, -0.25) is 4.68 Å². The Morgan fingerprint density at radius 3 is 2.76 bits per heavy atom. The number of anilines is 1. The van der Waals surface area contributed by atoms with Gasteiger partial charge in [0.05, 0.1) is 17.1 Å². The number of fused-ring (bicyclic) bond motifs is 1. The summed E-state index contributed by atoms with van der Waals surface area (Å²) in [4.78, 5) is 3.22. The summed E-state index contributed by atoms with van der Waals surface area (Å²) < 4.78 is 2.08. The molecule has 4 heteroatoms. The molecule has 0 aliphatic carbocycles. The van der Waals surface area contributed by atoms with Crippen molar-refractivity contribution >= 4 is 16.6 Å². The first-order chi connectivity index (χ1) is 10.1. The van der Waals surface area contributed by atoms with E-state index in [1.165, 1.54) is 22.2 Å². The molecular formula is C17H22N4. The van der Waals surface area contributed by atoms with Gasteiger partial charge in [-0.25, -0.2) is 0 Å². The number of rotatable bonds is 4. The summed E-state index contributed by atoms with van der Waals surface area (Å²) >= 11 is 0. The molecule has 3 aromatic rings. The van der Waals surface area contributed by atoms with Crippen LogP contribution in [0.4, 0.5) is 5.69 Å². The highest BCUT2D eigenvalue weighted by atomic mass is 15.3. The molecule has 2 heterocycles. The first kappa shape index (κ1) is 13.7. The zero-order valence-corrected chi connectivity index (χ0v) is 13.1. The molecule has 0 aliphatic heterocycles. The summed E-state index contributed by atoms with van der Waals surface area (Å²) in [6.07, 6.45) is 1.98. The number of hydrogen-bond acceptors (Lipinski definition) is 2. The maximum Gasteiger partial charge on any atom is 0.0828 e. The van der Waals surface area contributed by atoms with Gasteiger partial charge in [0.25, 0.3) is 0 Å². The third-order valence-electron chi connectivity index (χ3n) is 3.90. The van der Waals surface area contributed by atoms with Gasteiger partial charge in [-0.1, -0.05) is 6.07 Å². The zero-order chi connectivity index (χ0) is 15.0. The van der Waals surface area contributed by atoms with E-state index in [1.807, 2.05) is 6.20 Å². The second kappa shape index (κ2) is 5.28. The number of aryl methyl sites for hydroxylation is 1. The van der Waals surface area contributed by atoms with Gasteiger partial charge in [-0.2, -0.15) is 5.10 Å². The number of hydrogen-bond donors (Lipinski definition) is 2. The lowest BCUT2D eigenvalue weighted by atomic mass is 10.1. The molecule has 0 unspecified atom stereocenters. The molecule has 0 amide bonds. The minimum Gasteiger partial charge on any atom is -0.378 e. The lowest BCUT2D eigenvalue weighted by Crippen LogP contribution is -2.06. The predicted molar refractivity (Wildman–Crippen MR) is 87.7 cm³/mol. The van der Waals surface area contributed by atoms with Gasteiger partial charge >= 0.3 is 0 Å². The van der Waals surface area contributed by atoms with Crippen LogP contribution in [-0.2, 0) is 6.54 Å². The molecular weight excluding hydrogens is 260 g/mol. The van der Waals surface area contributed by atoms with Crippen LogP contribution >= 0.6 is 0 Å². The summed E-state index contributed by atoms with van der Waals surface area (Å²) in [7, 11) is 0. The number of aromatic amines is 1. The lowest BCUT2D eigenvalue weighted by molar-refractivity contribution is 0.516. The molecule has 1 aromatic carbocycles. The largest absolute Gasteiger partial charge is 0.378 e. The highest BCUT2D eigenvalue weighted by molar-refractivity contribution is 5.80. The number of H-pyrrole nitrogens is 1. The Labute approximate surface area is 125 Å². The fourth-order valence-electron chi connectivity index (χ4n) is 2.82. The van der Waals surface area contributed by atoms with Crippen molar-refractivity contribution in [3.05, 3.63) is 47.4 Å². The SMILES string of the molecule is Cc1nn(C(C)C)c(C)c1NCc1ccc2[nH]ccc2c1. The molecule has 0 radical (unpaired) electrons. The van der Waals surface area contributed by atoms with Crippen LogP contribution < -0.4 is 5.32 Å². The standard InChI is InChI=1S/C17H22N4/c1-11(2)21-13(4)17(12(3)20-21)19-10-14-5-6-16-15(9-14)7-8-18-16/h5-9,11,18-19H,10H2,1-4H3. The zero-order valence-electron chi connectivity index (χ0n) is 13.1. The van der Waals surface area contributed by atoms with Crippen LogP contribution in [-0.4, -0.2) is 14.8 Å². The maximum atomic E-state index is 4.61. The van der Waals surface area contributed by atoms with Gasteiger partial charge in [0, 0.05) is 24.3 Å². The summed E-state index contributed by atoms with van der Waals surface area (Å²) in [5.41, 5.74) is 5.86. The second-order valence-electron chi connectivity index (χ2n) is 5.84. The number of aromatic nitrogens is 3. The van der Waals surface area contributed by atoms with Gasteiger partial charge in [-0.15, -0.1) is 0 Å². The molecule has 2 N–H and O–H groups in total. The minimum atomic E-state index is 0.385. The van der Waals surface area contributed by atoms with Gasteiger partial charge in [-0.05, 0) is 56.8 Å². The normalized spacial score (nSPS) is 11.5. The van der Waals surface area contributed by atoms with Crippen LogP contribution in [0.25, 0.3) is 10.9 Å². The monoisotopic (exact) mass is 282 g/mol. The fourth-order valence-corrected chi connectivity index (χ4v) is 2.82. The van der Waals surface area contributed by atoms with Gasteiger partial charge in [0.2, 0.25) is 0 Å². The van der Waals surface area contributed by atoms with E-state index in [1.54, 1.807) is 0 Å². The molecule has 2 aromatic heterocycles. The average molecular weight is 282 g/mol. The summed E-state index contributed by atoms with van der Waals surface area (Å²) in [6.45, 7) is 9.31. The van der Waals surface area contributed by atoms with Crippen LogP contribution in [0, 0.1) is 13.8 Å². The Balaban J connectivity index is 1.81. The molecule has 0 bridgehead atoms. The first-order valence-electron chi connectivity index (χ1n) is 7.42. The van der Waals surface area contributed by atoms with E-state index < -0.39 is 0 Å². The molecule has 4 nitrogen and oxygen atoms in total. The molecule has 0 fully saturated rings. The lowest BCUT2D eigenvalue weighted by Gasteiger charge is -2.10. The van der Waals surface area contributed by atoms with E-state index in [9.17, 15) is 0 Å². The molecule has 0 spiro atoms. The second-order valence-corrected chi connectivity index (χ2v) is 5.84. The Kier molecular flexibility index (Phi) is 3.45. The van der Waals surface area contributed by atoms with Crippen molar-refractivity contribution < 1.29 is 0 Å². The van der Waals surface area contributed by atoms with Crippen molar-refractivity contribution in [3.8, 4) is 0 Å². The van der Waals surface area contributed by atoms with Crippen LogP contribution in [0.15, 0.2) is 30.5 Å². The summed E-state index contributed by atoms with van der Waals surface area (Å²) in [5.74, 6) is 0. The Hall–Kier alpha value is -2.23. The topological polar surface area (TPSA) is 45.6 Å². The average Bonchev–Trinajstić information content (AvgIpc) is 3.01. The number of nitrogens with one attached hydrogen (secondary N) is 2. The van der Waals surface area contributed by atoms with E-state index in [0.717, 1.165) is 17.9 Å². The maximum absolute atomic E-state index is 4.61. The van der Waals surface area contributed by atoms with Crippen molar-refractivity contribution in [1.82, 2.24) is 14.8 Å². The Bertz CT molecular complexity index is 764. The van der Waals surface area contributed by atoms with Crippen molar-refractivity contribution in [2.24, 2.45) is 0 Å². The van der Waals surface area contributed by atoms with Crippen molar-refractivity contribution in [3.63, 3.8) is 0 Å². The van der Waals surface area contributed by atoms with E-state index in [2.05, 4.69) is 72.0 Å². The third kappa shape index (κ3) is 2.53. The molecule has 110 valence electrons. The van der Waals surface area contributed by atoms with Crippen LogP contribution in [0.5, 0.6) is 0 Å². The van der Waals surface area contributed by atoms with Crippen molar-refractivity contribution in [2.45, 2.75) is 40.3 Å². The molecule has 0 aliphatic rings. The molecule has 21 heavy (non-hydrogen) atoms. The van der Waals surface area contributed by atoms with E-state index in [-0.39, 0.29) is 0 Å². The van der Waals surface area contributed by atoms with Crippen LogP contribution in [0.2, 0.25) is 0 Å². The first-order valence-corrected chi connectivity index (χ1v) is 7.42.